The molecule has 1 saturated heterocycles. The lowest BCUT2D eigenvalue weighted by Crippen LogP contribution is -2.63. The first-order valence-corrected chi connectivity index (χ1v) is 12.7. The molecule has 0 aromatic heterocycles. The van der Waals surface area contributed by atoms with Gasteiger partial charge in [-0.25, -0.2) is 0 Å². The zero-order valence-corrected chi connectivity index (χ0v) is 21.7. The van der Waals surface area contributed by atoms with E-state index in [1.165, 1.54) is 25.3 Å². The average Bonchev–Trinajstić information content (AvgIpc) is 2.96. The number of nitrogens with two attached hydrogens (primary N) is 1. The van der Waals surface area contributed by atoms with E-state index in [4.69, 9.17) is 19.9 Å². The number of hydrogen-bond acceptors (Lipinski definition) is 14. The minimum absolute atomic E-state index is 0.0444. The molecule has 2 aliphatic carbocycles. The van der Waals surface area contributed by atoms with Crippen molar-refractivity contribution in [3.8, 4) is 17.2 Å². The van der Waals surface area contributed by atoms with E-state index in [9.17, 15) is 50.1 Å². The highest BCUT2D eigenvalue weighted by molar-refractivity contribution is 6.31. The number of phenols is 2. The van der Waals surface area contributed by atoms with Gasteiger partial charge in [0.15, 0.2) is 17.9 Å². The number of aliphatic hydroxyl groups excluding tert-OH is 4. The molecule has 14 nitrogen and oxygen atoms in total. The summed E-state index contributed by atoms with van der Waals surface area (Å²) in [4.78, 5) is 39.8. The Balaban J connectivity index is 1.69. The summed E-state index contributed by atoms with van der Waals surface area (Å²) < 4.78 is 16.6. The minimum atomic E-state index is -2.37. The zero-order valence-electron chi connectivity index (χ0n) is 21.7. The number of fused-ring (bicyclic) bond motifs is 3. The largest absolute Gasteiger partial charge is 0.507 e. The number of benzene rings is 2. The van der Waals surface area contributed by atoms with Crippen molar-refractivity contribution < 1.29 is 64.3 Å². The molecule has 0 radical (unpaired) electrons. The van der Waals surface area contributed by atoms with Crippen molar-refractivity contribution in [3.05, 3.63) is 51.6 Å². The first-order chi connectivity index (χ1) is 19.4. The van der Waals surface area contributed by atoms with Gasteiger partial charge in [-0.3, -0.25) is 14.4 Å². The van der Waals surface area contributed by atoms with Gasteiger partial charge in [0.05, 0.1) is 42.6 Å². The van der Waals surface area contributed by atoms with Gasteiger partial charge in [0.2, 0.25) is 5.78 Å². The van der Waals surface area contributed by atoms with Crippen LogP contribution in [0.5, 0.6) is 17.2 Å². The molecule has 14 heteroatoms. The summed E-state index contributed by atoms with van der Waals surface area (Å²) in [6, 6.07) is 2.82. The molecule has 9 N–H and O–H groups in total. The molecule has 0 spiro atoms. The predicted octanol–water partition coefficient (Wildman–Crippen LogP) is -2.06. The third kappa shape index (κ3) is 4.31. The lowest BCUT2D eigenvalue weighted by Gasteiger charge is -2.44. The summed E-state index contributed by atoms with van der Waals surface area (Å²) in [5.74, 6) is -4.28. The Morgan fingerprint density at radius 3 is 2.39 bits per heavy atom. The van der Waals surface area contributed by atoms with Crippen LogP contribution in [0, 0.1) is 0 Å². The van der Waals surface area contributed by atoms with Crippen molar-refractivity contribution in [1.29, 1.82) is 0 Å². The lowest BCUT2D eigenvalue weighted by molar-refractivity contribution is -0.283. The zero-order chi connectivity index (χ0) is 30.0. The van der Waals surface area contributed by atoms with Gasteiger partial charge in [-0.2, -0.15) is 0 Å². The SMILES string of the molecule is COc1cccc2c1C(=O)c1c(O)c3c(c(O)c1C2=O)C[C@@](O)(C(=O)CO)C[C@@H]3OC1OC(CO)C(O)C(O)C1N. The summed E-state index contributed by atoms with van der Waals surface area (Å²) in [7, 11) is 1.29. The molecule has 41 heavy (non-hydrogen) atoms. The fourth-order valence-electron chi connectivity index (χ4n) is 5.78. The van der Waals surface area contributed by atoms with Crippen molar-refractivity contribution >= 4 is 17.3 Å². The normalized spacial score (nSPS) is 30.8. The second kappa shape index (κ2) is 10.4. The highest BCUT2D eigenvalue weighted by atomic mass is 16.7. The van der Waals surface area contributed by atoms with Crippen LogP contribution in [0.15, 0.2) is 18.2 Å². The van der Waals surface area contributed by atoms with E-state index < -0.39 is 108 Å². The third-order valence-electron chi connectivity index (χ3n) is 7.97. The number of hydrogen-bond donors (Lipinski definition) is 8. The number of ketones is 3. The quantitative estimate of drug-likeness (QED) is 0.147. The second-order valence-electron chi connectivity index (χ2n) is 10.3. The number of aromatic hydroxyl groups is 2. The third-order valence-corrected chi connectivity index (χ3v) is 7.97. The minimum Gasteiger partial charge on any atom is -0.507 e. The Labute approximate surface area is 232 Å². The number of carbonyl (C=O) groups is 3. The molecular weight excluding hydrogens is 546 g/mol. The smallest absolute Gasteiger partial charge is 0.202 e. The first kappa shape index (κ1) is 29.0. The molecule has 1 aliphatic heterocycles. The van der Waals surface area contributed by atoms with Crippen LogP contribution in [-0.2, 0) is 20.7 Å². The number of ether oxygens (including phenoxy) is 3. The first-order valence-electron chi connectivity index (χ1n) is 12.7. The van der Waals surface area contributed by atoms with E-state index >= 15 is 0 Å². The van der Waals surface area contributed by atoms with Gasteiger partial charge in [0, 0.05) is 29.5 Å². The number of aliphatic hydroxyl groups is 5. The number of methoxy groups -OCH3 is 1. The standard InChI is InChI=1S/C27H29NO13/c1-39-11-4-2-3-9-15(11)23(35)18-17(20(9)32)21(33)10-5-27(38,14(31)8-30)6-12(16(10)24(18)36)40-26-19(28)25(37)22(34)13(7-29)41-26/h2-4,12-13,19,22,25-26,29-30,33-34,36-38H,5-8,28H2,1H3/t12-,13?,19?,22?,25?,26?,27-/m0/s1. The molecule has 7 atom stereocenters. The highest BCUT2D eigenvalue weighted by Crippen LogP contribution is 2.52. The van der Waals surface area contributed by atoms with Crippen LogP contribution in [0.4, 0.5) is 0 Å². The van der Waals surface area contributed by atoms with Crippen molar-refractivity contribution in [1.82, 2.24) is 0 Å². The Kier molecular flexibility index (Phi) is 7.38. The van der Waals surface area contributed by atoms with Crippen LogP contribution < -0.4 is 10.5 Å². The van der Waals surface area contributed by atoms with E-state index in [2.05, 4.69) is 0 Å². The molecule has 0 saturated carbocycles. The number of phenolic OH excluding ortho intramolecular Hbond substituents is 2. The fourth-order valence-corrected chi connectivity index (χ4v) is 5.78. The van der Waals surface area contributed by atoms with Gasteiger partial charge in [-0.15, -0.1) is 0 Å². The maximum atomic E-state index is 13.7. The summed E-state index contributed by atoms with van der Waals surface area (Å²) in [5, 5.41) is 73.7. The topological polar surface area (TPSA) is 247 Å². The Hall–Kier alpha value is -3.47. The van der Waals surface area contributed by atoms with E-state index in [-0.39, 0.29) is 28.0 Å². The van der Waals surface area contributed by atoms with Gasteiger partial charge >= 0.3 is 0 Å². The highest BCUT2D eigenvalue weighted by Gasteiger charge is 2.51. The van der Waals surface area contributed by atoms with Gasteiger partial charge in [-0.05, 0) is 6.07 Å². The maximum Gasteiger partial charge on any atom is 0.202 e. The van der Waals surface area contributed by atoms with Crippen LogP contribution in [0.3, 0.4) is 0 Å². The predicted molar refractivity (Wildman–Crippen MR) is 135 cm³/mol. The molecular formula is C27H29NO13. The van der Waals surface area contributed by atoms with Crippen LogP contribution in [0.25, 0.3) is 0 Å². The van der Waals surface area contributed by atoms with Crippen LogP contribution >= 0.6 is 0 Å². The summed E-state index contributed by atoms with van der Waals surface area (Å²) in [5.41, 5.74) is 1.66. The molecule has 0 bridgehead atoms. The Morgan fingerprint density at radius 1 is 1.07 bits per heavy atom. The molecule has 0 amide bonds. The molecule has 5 unspecified atom stereocenters. The second-order valence-corrected chi connectivity index (χ2v) is 10.3. The molecule has 3 aliphatic rings. The molecule has 220 valence electrons. The summed E-state index contributed by atoms with van der Waals surface area (Å²) >= 11 is 0. The van der Waals surface area contributed by atoms with Crippen LogP contribution in [0.1, 0.15) is 55.5 Å². The van der Waals surface area contributed by atoms with Gasteiger partial charge < -0.3 is 55.7 Å². The molecule has 2 aromatic carbocycles. The van der Waals surface area contributed by atoms with Crippen LogP contribution in [-0.4, -0.2) is 110 Å². The fraction of sp³-hybridized carbons (Fsp3) is 0.444. The summed E-state index contributed by atoms with van der Waals surface area (Å²) in [6.07, 6.45) is -9.03. The number of Topliss-reactive ketones (excluding diaryl/α,β-unsaturated/α-hetero) is 1. The van der Waals surface area contributed by atoms with Crippen molar-refractivity contribution in [3.63, 3.8) is 0 Å². The van der Waals surface area contributed by atoms with E-state index in [1.807, 2.05) is 0 Å². The van der Waals surface area contributed by atoms with Crippen molar-refractivity contribution in [2.75, 3.05) is 20.3 Å². The molecule has 1 heterocycles. The van der Waals surface area contributed by atoms with Gasteiger partial charge in [-0.1, -0.05) is 12.1 Å². The number of rotatable bonds is 6. The lowest BCUT2D eigenvalue weighted by atomic mass is 9.72. The maximum absolute atomic E-state index is 13.7. The molecule has 5 rings (SSSR count). The van der Waals surface area contributed by atoms with Crippen LogP contribution in [0.2, 0.25) is 0 Å². The van der Waals surface area contributed by atoms with Gasteiger partial charge in [0.1, 0.15) is 47.8 Å². The Bertz CT molecular complexity index is 1440. The number of carbonyl (C=O) groups excluding carboxylic acids is 3. The van der Waals surface area contributed by atoms with Crippen molar-refractivity contribution in [2.24, 2.45) is 5.73 Å². The monoisotopic (exact) mass is 575 g/mol. The van der Waals surface area contributed by atoms with E-state index in [1.54, 1.807) is 0 Å². The Morgan fingerprint density at radius 2 is 1.76 bits per heavy atom. The van der Waals surface area contributed by atoms with E-state index in [0.717, 1.165) is 0 Å². The summed E-state index contributed by atoms with van der Waals surface area (Å²) in [6.45, 7) is -1.84. The van der Waals surface area contributed by atoms with E-state index in [0.29, 0.717) is 0 Å². The molecule has 2 aromatic rings. The molecule has 1 fully saturated rings. The van der Waals surface area contributed by atoms with Crippen molar-refractivity contribution in [2.45, 2.75) is 55.2 Å². The average molecular weight is 576 g/mol. The van der Waals surface area contributed by atoms with Gasteiger partial charge in [0.25, 0.3) is 0 Å².